The van der Waals surface area contributed by atoms with Crippen LogP contribution in [0.25, 0.3) is 0 Å². The zero-order valence-corrected chi connectivity index (χ0v) is 8.31. The highest BCUT2D eigenvalue weighted by atomic mass is 16.3. The molecule has 15 heavy (non-hydrogen) atoms. The van der Waals surface area contributed by atoms with E-state index in [9.17, 15) is 9.90 Å². The van der Waals surface area contributed by atoms with Crippen molar-refractivity contribution in [3.8, 4) is 0 Å². The Balaban J connectivity index is 2.46. The lowest BCUT2D eigenvalue weighted by molar-refractivity contribution is -0.121. The molecule has 0 radical (unpaired) electrons. The molecule has 0 heterocycles. The minimum Gasteiger partial charge on any atom is -0.392 e. The van der Waals surface area contributed by atoms with Crippen LogP contribution in [0.15, 0.2) is 18.2 Å². The smallest absolute Gasteiger partial charge is 0.227 e. The SMILES string of the molecule is NCc1ccc2c(c1)C(C(N)=O)C(O)C2. The summed E-state index contributed by atoms with van der Waals surface area (Å²) in [5.74, 6) is -1.05. The summed E-state index contributed by atoms with van der Waals surface area (Å²) in [5.41, 5.74) is 13.6. The van der Waals surface area contributed by atoms with Crippen LogP contribution in [0, 0.1) is 0 Å². The Hall–Kier alpha value is -1.39. The lowest BCUT2D eigenvalue weighted by Crippen LogP contribution is -2.28. The summed E-state index contributed by atoms with van der Waals surface area (Å²) in [6, 6.07) is 5.68. The van der Waals surface area contributed by atoms with Crippen LogP contribution in [-0.2, 0) is 17.8 Å². The van der Waals surface area contributed by atoms with Gasteiger partial charge in [-0.05, 0) is 23.1 Å². The number of amides is 1. The highest BCUT2D eigenvalue weighted by molar-refractivity contribution is 5.84. The Morgan fingerprint density at radius 3 is 2.87 bits per heavy atom. The van der Waals surface area contributed by atoms with E-state index in [2.05, 4.69) is 0 Å². The first-order valence-corrected chi connectivity index (χ1v) is 4.92. The number of aliphatic hydroxyl groups is 1. The number of carbonyl (C=O) groups is 1. The largest absolute Gasteiger partial charge is 0.392 e. The molecule has 2 atom stereocenters. The topological polar surface area (TPSA) is 89.3 Å². The third kappa shape index (κ3) is 1.62. The first kappa shape index (κ1) is 10.1. The second-order valence-electron chi connectivity index (χ2n) is 3.89. The summed E-state index contributed by atoms with van der Waals surface area (Å²) in [4.78, 5) is 11.2. The van der Waals surface area contributed by atoms with E-state index in [1.807, 2.05) is 18.2 Å². The van der Waals surface area contributed by atoms with E-state index in [1.165, 1.54) is 0 Å². The van der Waals surface area contributed by atoms with Crippen LogP contribution >= 0.6 is 0 Å². The molecule has 5 N–H and O–H groups in total. The predicted molar refractivity (Wildman–Crippen MR) is 56.0 cm³/mol. The monoisotopic (exact) mass is 206 g/mol. The van der Waals surface area contributed by atoms with Crippen LogP contribution in [0.2, 0.25) is 0 Å². The van der Waals surface area contributed by atoms with E-state index in [-0.39, 0.29) is 0 Å². The van der Waals surface area contributed by atoms with Crippen molar-refractivity contribution in [3.05, 3.63) is 34.9 Å². The van der Waals surface area contributed by atoms with Gasteiger partial charge in [0, 0.05) is 6.54 Å². The van der Waals surface area contributed by atoms with Crippen LogP contribution in [0.5, 0.6) is 0 Å². The summed E-state index contributed by atoms with van der Waals surface area (Å²) in [7, 11) is 0. The highest BCUT2D eigenvalue weighted by Gasteiger charge is 2.34. The summed E-state index contributed by atoms with van der Waals surface area (Å²) in [6.07, 6.45) is -0.195. The van der Waals surface area contributed by atoms with Gasteiger partial charge in [-0.15, -0.1) is 0 Å². The molecule has 80 valence electrons. The highest BCUT2D eigenvalue weighted by Crippen LogP contribution is 2.33. The standard InChI is InChI=1S/C11H14N2O2/c12-5-6-1-2-7-4-9(14)10(11(13)15)8(7)3-6/h1-3,9-10,14H,4-5,12H2,(H2,13,15). The molecule has 0 spiro atoms. The molecular formula is C11H14N2O2. The quantitative estimate of drug-likeness (QED) is 0.616. The van der Waals surface area contributed by atoms with Crippen molar-refractivity contribution in [1.82, 2.24) is 0 Å². The fourth-order valence-corrected chi connectivity index (χ4v) is 2.14. The van der Waals surface area contributed by atoms with E-state index >= 15 is 0 Å². The minimum atomic E-state index is -0.689. The zero-order chi connectivity index (χ0) is 11.0. The first-order chi connectivity index (χ1) is 7.13. The van der Waals surface area contributed by atoms with Gasteiger partial charge in [0.15, 0.2) is 0 Å². The maximum absolute atomic E-state index is 11.2. The number of carbonyl (C=O) groups excluding carboxylic acids is 1. The third-order valence-corrected chi connectivity index (χ3v) is 2.90. The van der Waals surface area contributed by atoms with E-state index in [4.69, 9.17) is 11.5 Å². The molecule has 0 fully saturated rings. The maximum atomic E-state index is 11.2. The average molecular weight is 206 g/mol. The van der Waals surface area contributed by atoms with Gasteiger partial charge in [0.25, 0.3) is 0 Å². The predicted octanol–water partition coefficient (Wildman–Crippen LogP) is -0.369. The Labute approximate surface area is 87.9 Å². The number of primary amides is 1. The molecule has 1 aliphatic carbocycles. The Bertz CT molecular complexity index is 404. The number of rotatable bonds is 2. The fraction of sp³-hybridized carbons (Fsp3) is 0.364. The van der Waals surface area contributed by atoms with Crippen LogP contribution in [-0.4, -0.2) is 17.1 Å². The minimum absolute atomic E-state index is 0.425. The Morgan fingerprint density at radius 2 is 2.27 bits per heavy atom. The summed E-state index contributed by atoms with van der Waals surface area (Å²) in [5, 5.41) is 9.71. The van der Waals surface area contributed by atoms with Crippen molar-refractivity contribution in [1.29, 1.82) is 0 Å². The van der Waals surface area contributed by atoms with Crippen molar-refractivity contribution in [2.24, 2.45) is 11.5 Å². The van der Waals surface area contributed by atoms with Gasteiger partial charge in [-0.2, -0.15) is 0 Å². The molecule has 0 aliphatic heterocycles. The van der Waals surface area contributed by atoms with Crippen LogP contribution < -0.4 is 11.5 Å². The van der Waals surface area contributed by atoms with Crippen molar-refractivity contribution < 1.29 is 9.90 Å². The van der Waals surface area contributed by atoms with Gasteiger partial charge >= 0.3 is 0 Å². The van der Waals surface area contributed by atoms with E-state index in [0.717, 1.165) is 16.7 Å². The molecule has 1 aromatic carbocycles. The first-order valence-electron chi connectivity index (χ1n) is 4.92. The van der Waals surface area contributed by atoms with Crippen molar-refractivity contribution in [2.75, 3.05) is 0 Å². The van der Waals surface area contributed by atoms with Gasteiger partial charge in [0.05, 0.1) is 12.0 Å². The van der Waals surface area contributed by atoms with Crippen LogP contribution in [0.3, 0.4) is 0 Å². The van der Waals surface area contributed by atoms with Gasteiger partial charge in [-0.3, -0.25) is 4.79 Å². The van der Waals surface area contributed by atoms with Gasteiger partial charge < -0.3 is 16.6 Å². The van der Waals surface area contributed by atoms with E-state index in [1.54, 1.807) is 0 Å². The van der Waals surface area contributed by atoms with Gasteiger partial charge in [0.1, 0.15) is 0 Å². The molecule has 2 unspecified atom stereocenters. The lowest BCUT2D eigenvalue weighted by atomic mass is 9.97. The molecule has 1 aromatic rings. The average Bonchev–Trinajstić information content (AvgIpc) is 2.52. The zero-order valence-electron chi connectivity index (χ0n) is 8.31. The molecule has 1 amide bonds. The number of hydrogen-bond acceptors (Lipinski definition) is 3. The lowest BCUT2D eigenvalue weighted by Gasteiger charge is -2.11. The van der Waals surface area contributed by atoms with Gasteiger partial charge in [-0.1, -0.05) is 18.2 Å². The fourth-order valence-electron chi connectivity index (χ4n) is 2.14. The molecule has 4 nitrogen and oxygen atoms in total. The number of hydrogen-bond donors (Lipinski definition) is 3. The van der Waals surface area contributed by atoms with Crippen molar-refractivity contribution >= 4 is 5.91 Å². The van der Waals surface area contributed by atoms with E-state index < -0.39 is 17.9 Å². The number of nitrogens with two attached hydrogens (primary N) is 2. The molecule has 4 heteroatoms. The van der Waals surface area contributed by atoms with Crippen molar-refractivity contribution in [3.63, 3.8) is 0 Å². The van der Waals surface area contributed by atoms with E-state index in [0.29, 0.717) is 13.0 Å². The maximum Gasteiger partial charge on any atom is 0.227 e. The number of aliphatic hydroxyl groups excluding tert-OH is 1. The molecule has 2 rings (SSSR count). The molecule has 0 aromatic heterocycles. The molecule has 0 bridgehead atoms. The normalized spacial score (nSPS) is 23.9. The van der Waals surface area contributed by atoms with Crippen LogP contribution in [0.4, 0.5) is 0 Å². The van der Waals surface area contributed by atoms with Gasteiger partial charge in [0.2, 0.25) is 5.91 Å². The number of benzene rings is 1. The molecule has 0 saturated carbocycles. The van der Waals surface area contributed by atoms with Crippen LogP contribution in [0.1, 0.15) is 22.6 Å². The Kier molecular flexibility index (Phi) is 2.46. The molecular weight excluding hydrogens is 192 g/mol. The second-order valence-corrected chi connectivity index (χ2v) is 3.89. The summed E-state index contributed by atoms with van der Waals surface area (Å²) < 4.78 is 0. The summed E-state index contributed by atoms with van der Waals surface area (Å²) in [6.45, 7) is 0.425. The molecule has 0 saturated heterocycles. The van der Waals surface area contributed by atoms with Crippen molar-refractivity contribution in [2.45, 2.75) is 25.0 Å². The van der Waals surface area contributed by atoms with Gasteiger partial charge in [-0.25, -0.2) is 0 Å². The Morgan fingerprint density at radius 1 is 1.53 bits per heavy atom. The number of fused-ring (bicyclic) bond motifs is 1. The third-order valence-electron chi connectivity index (χ3n) is 2.90. The molecule has 1 aliphatic rings. The second kappa shape index (κ2) is 3.64. The summed E-state index contributed by atoms with van der Waals surface area (Å²) >= 11 is 0.